The van der Waals surface area contributed by atoms with Gasteiger partial charge in [-0.15, -0.1) is 0 Å². The molecule has 106 valence electrons. The minimum absolute atomic E-state index is 0.0593. The Morgan fingerprint density at radius 2 is 2.16 bits per heavy atom. The van der Waals surface area contributed by atoms with Crippen molar-refractivity contribution < 1.29 is 9.84 Å². The Morgan fingerprint density at radius 1 is 1.42 bits per heavy atom. The molecular formula is C16H25NO2. The number of anilines is 1. The lowest BCUT2D eigenvalue weighted by molar-refractivity contribution is 0.229. The number of benzene rings is 1. The van der Waals surface area contributed by atoms with Gasteiger partial charge < -0.3 is 14.7 Å². The summed E-state index contributed by atoms with van der Waals surface area (Å²) in [7, 11) is 1.72. The molecule has 1 aromatic rings. The molecule has 0 aromatic heterocycles. The summed E-state index contributed by atoms with van der Waals surface area (Å²) >= 11 is 0. The molecule has 1 aliphatic heterocycles. The Labute approximate surface area is 116 Å². The molecule has 3 nitrogen and oxygen atoms in total. The van der Waals surface area contributed by atoms with E-state index in [0.717, 1.165) is 25.1 Å². The zero-order valence-corrected chi connectivity index (χ0v) is 12.4. The van der Waals surface area contributed by atoms with E-state index < -0.39 is 0 Å². The Kier molecular flexibility index (Phi) is 4.04. The minimum atomic E-state index is 0.0593. The van der Waals surface area contributed by atoms with Crippen LogP contribution in [0.4, 0.5) is 5.69 Å². The van der Waals surface area contributed by atoms with E-state index in [2.05, 4.69) is 37.8 Å². The fourth-order valence-electron chi connectivity index (χ4n) is 3.24. The molecule has 0 saturated carbocycles. The molecule has 0 bridgehead atoms. The summed E-state index contributed by atoms with van der Waals surface area (Å²) in [6.07, 6.45) is 2.00. The molecule has 2 rings (SSSR count). The van der Waals surface area contributed by atoms with Crippen LogP contribution in [-0.2, 0) is 0 Å². The summed E-state index contributed by atoms with van der Waals surface area (Å²) in [4.78, 5) is 2.43. The van der Waals surface area contributed by atoms with Gasteiger partial charge in [0.25, 0.3) is 0 Å². The van der Waals surface area contributed by atoms with Crippen LogP contribution in [0.25, 0.3) is 0 Å². The highest BCUT2D eigenvalue weighted by atomic mass is 16.5. The third kappa shape index (κ3) is 2.57. The van der Waals surface area contributed by atoms with Crippen molar-refractivity contribution in [1.82, 2.24) is 0 Å². The second-order valence-electron chi connectivity index (χ2n) is 5.98. The fraction of sp³-hybridized carbons (Fsp3) is 0.625. The van der Waals surface area contributed by atoms with E-state index in [1.165, 1.54) is 11.3 Å². The van der Waals surface area contributed by atoms with Crippen molar-refractivity contribution in [2.24, 2.45) is 5.92 Å². The molecule has 1 aliphatic rings. The summed E-state index contributed by atoms with van der Waals surface area (Å²) in [5.74, 6) is 1.46. The molecule has 0 spiro atoms. The van der Waals surface area contributed by atoms with Crippen LogP contribution in [0, 0.1) is 12.8 Å². The van der Waals surface area contributed by atoms with E-state index >= 15 is 0 Å². The fourth-order valence-corrected chi connectivity index (χ4v) is 3.24. The van der Waals surface area contributed by atoms with Crippen LogP contribution in [0.1, 0.15) is 32.3 Å². The largest absolute Gasteiger partial charge is 0.495 e. The van der Waals surface area contributed by atoms with Crippen LogP contribution < -0.4 is 9.64 Å². The van der Waals surface area contributed by atoms with E-state index in [1.807, 2.05) is 6.07 Å². The normalized spacial score (nSPS) is 21.7. The van der Waals surface area contributed by atoms with Gasteiger partial charge in [-0.2, -0.15) is 0 Å². The number of aliphatic hydroxyl groups is 1. The third-order valence-corrected chi connectivity index (χ3v) is 4.50. The maximum Gasteiger partial charge on any atom is 0.142 e. The average Bonchev–Trinajstić information content (AvgIpc) is 2.65. The molecule has 1 heterocycles. The topological polar surface area (TPSA) is 32.7 Å². The Balaban J connectivity index is 2.34. The smallest absolute Gasteiger partial charge is 0.142 e. The molecule has 1 unspecified atom stereocenters. The van der Waals surface area contributed by atoms with Crippen molar-refractivity contribution in [2.45, 2.75) is 39.2 Å². The van der Waals surface area contributed by atoms with Crippen LogP contribution >= 0.6 is 0 Å². The molecule has 0 radical (unpaired) electrons. The first kappa shape index (κ1) is 14.2. The lowest BCUT2D eigenvalue weighted by atomic mass is 9.86. The Hall–Kier alpha value is -1.22. The van der Waals surface area contributed by atoms with Gasteiger partial charge in [-0.3, -0.25) is 0 Å². The summed E-state index contributed by atoms with van der Waals surface area (Å²) in [6.45, 7) is 7.94. The van der Waals surface area contributed by atoms with Crippen LogP contribution in [0.3, 0.4) is 0 Å². The zero-order valence-electron chi connectivity index (χ0n) is 12.4. The molecule has 1 atom stereocenters. The molecule has 19 heavy (non-hydrogen) atoms. The highest BCUT2D eigenvalue weighted by Gasteiger charge is 2.41. The van der Waals surface area contributed by atoms with Gasteiger partial charge in [0.1, 0.15) is 5.75 Å². The summed E-state index contributed by atoms with van der Waals surface area (Å²) in [6, 6.07) is 6.32. The number of ether oxygens (including phenoxy) is 1. The molecule has 0 aliphatic carbocycles. The van der Waals surface area contributed by atoms with Crippen molar-refractivity contribution in [3.8, 4) is 5.75 Å². The second kappa shape index (κ2) is 5.41. The van der Waals surface area contributed by atoms with Crippen molar-refractivity contribution in [3.05, 3.63) is 23.8 Å². The first-order valence-corrected chi connectivity index (χ1v) is 7.04. The van der Waals surface area contributed by atoms with Crippen molar-refractivity contribution in [1.29, 1.82) is 0 Å². The second-order valence-corrected chi connectivity index (χ2v) is 5.98. The number of hydrogen-bond acceptors (Lipinski definition) is 3. The van der Waals surface area contributed by atoms with Gasteiger partial charge in [0.05, 0.1) is 12.8 Å². The quantitative estimate of drug-likeness (QED) is 0.906. The van der Waals surface area contributed by atoms with Crippen molar-refractivity contribution >= 4 is 5.69 Å². The zero-order chi connectivity index (χ0) is 14.0. The molecule has 1 N–H and O–H groups in total. The lowest BCUT2D eigenvalue weighted by Gasteiger charge is -2.38. The van der Waals surface area contributed by atoms with Gasteiger partial charge >= 0.3 is 0 Å². The van der Waals surface area contributed by atoms with Crippen LogP contribution in [0.2, 0.25) is 0 Å². The SMILES string of the molecule is COc1ccc(C)cc1N1CCC(CCO)C1(C)C. The average molecular weight is 263 g/mol. The van der Waals surface area contributed by atoms with E-state index in [1.54, 1.807) is 7.11 Å². The maximum absolute atomic E-state index is 9.22. The van der Waals surface area contributed by atoms with Gasteiger partial charge in [0.2, 0.25) is 0 Å². The monoisotopic (exact) mass is 263 g/mol. The number of methoxy groups -OCH3 is 1. The van der Waals surface area contributed by atoms with Crippen LogP contribution in [0.5, 0.6) is 5.75 Å². The number of hydrogen-bond donors (Lipinski definition) is 1. The highest BCUT2D eigenvalue weighted by molar-refractivity contribution is 5.62. The predicted molar refractivity (Wildman–Crippen MR) is 79.0 cm³/mol. The lowest BCUT2D eigenvalue weighted by Crippen LogP contribution is -2.43. The third-order valence-electron chi connectivity index (χ3n) is 4.50. The van der Waals surface area contributed by atoms with Gasteiger partial charge in [0, 0.05) is 18.7 Å². The Bertz CT molecular complexity index is 442. The van der Waals surface area contributed by atoms with Crippen LogP contribution in [0.15, 0.2) is 18.2 Å². The number of nitrogens with zero attached hydrogens (tertiary/aromatic N) is 1. The number of aryl methyl sites for hydroxylation is 1. The van der Waals surface area contributed by atoms with Gasteiger partial charge in [-0.05, 0) is 57.2 Å². The summed E-state index contributed by atoms with van der Waals surface area (Å²) in [5, 5.41) is 9.22. The van der Waals surface area contributed by atoms with Crippen LogP contribution in [-0.4, -0.2) is 30.9 Å². The molecule has 1 fully saturated rings. The van der Waals surface area contributed by atoms with E-state index in [9.17, 15) is 5.11 Å². The number of rotatable bonds is 4. The van der Waals surface area contributed by atoms with E-state index in [-0.39, 0.29) is 12.1 Å². The molecular weight excluding hydrogens is 238 g/mol. The van der Waals surface area contributed by atoms with E-state index in [0.29, 0.717) is 5.92 Å². The van der Waals surface area contributed by atoms with Crippen molar-refractivity contribution in [3.63, 3.8) is 0 Å². The van der Waals surface area contributed by atoms with E-state index in [4.69, 9.17) is 4.74 Å². The molecule has 0 amide bonds. The molecule has 1 aromatic carbocycles. The van der Waals surface area contributed by atoms with Gasteiger partial charge in [-0.1, -0.05) is 6.07 Å². The first-order chi connectivity index (χ1) is 9.00. The van der Waals surface area contributed by atoms with Gasteiger partial charge in [-0.25, -0.2) is 0 Å². The standard InChI is InChI=1S/C16H25NO2/c1-12-5-6-15(19-4)14(11-12)17-9-7-13(8-10-18)16(17,2)3/h5-6,11,13,18H,7-10H2,1-4H3. The maximum atomic E-state index is 9.22. The highest BCUT2D eigenvalue weighted by Crippen LogP contribution is 2.43. The summed E-state index contributed by atoms with van der Waals surface area (Å²) < 4.78 is 5.51. The minimum Gasteiger partial charge on any atom is -0.495 e. The number of aliphatic hydroxyl groups excluding tert-OH is 1. The summed E-state index contributed by atoms with van der Waals surface area (Å²) in [5.41, 5.74) is 2.48. The predicted octanol–water partition coefficient (Wildman–Crippen LogP) is 2.99. The first-order valence-electron chi connectivity index (χ1n) is 7.04. The molecule has 1 saturated heterocycles. The van der Waals surface area contributed by atoms with Crippen molar-refractivity contribution in [2.75, 3.05) is 25.2 Å². The molecule has 3 heteroatoms. The Morgan fingerprint density at radius 3 is 2.79 bits per heavy atom. The van der Waals surface area contributed by atoms with Gasteiger partial charge in [0.15, 0.2) is 0 Å².